The van der Waals surface area contributed by atoms with Crippen molar-refractivity contribution in [3.05, 3.63) is 21.9 Å². The van der Waals surface area contributed by atoms with E-state index in [1.807, 2.05) is 12.1 Å². The summed E-state index contributed by atoms with van der Waals surface area (Å²) in [7, 11) is 0. The van der Waals surface area contributed by atoms with Crippen LogP contribution in [-0.4, -0.2) is 25.2 Å². The van der Waals surface area contributed by atoms with E-state index in [0.29, 0.717) is 6.42 Å². The Morgan fingerprint density at radius 3 is 2.00 bits per heavy atom. The van der Waals surface area contributed by atoms with Gasteiger partial charge in [-0.3, -0.25) is 9.59 Å². The maximum atomic E-state index is 11.8. The molecule has 0 N–H and O–H groups in total. The van der Waals surface area contributed by atoms with E-state index in [4.69, 9.17) is 9.47 Å². The molecule has 0 saturated heterocycles. The second-order valence-corrected chi connectivity index (χ2v) is 5.24. The molecule has 0 aliphatic rings. The number of hydrogen-bond donors (Lipinski definition) is 0. The topological polar surface area (TPSA) is 52.6 Å². The van der Waals surface area contributed by atoms with Gasteiger partial charge in [-0.1, -0.05) is 6.92 Å². The molecule has 1 aromatic rings. The van der Waals surface area contributed by atoms with Crippen molar-refractivity contribution < 1.29 is 19.1 Å². The van der Waals surface area contributed by atoms with Crippen LogP contribution < -0.4 is 0 Å². The van der Waals surface area contributed by atoms with Crippen molar-refractivity contribution in [2.75, 3.05) is 13.2 Å². The van der Waals surface area contributed by atoms with Gasteiger partial charge in [-0.25, -0.2) is 0 Å². The molecule has 0 fully saturated rings. The van der Waals surface area contributed by atoms with Crippen molar-refractivity contribution in [1.82, 2.24) is 0 Å². The molecule has 0 bridgehead atoms. The molecule has 0 unspecified atom stereocenters. The third-order valence-electron chi connectivity index (χ3n) is 2.61. The summed E-state index contributed by atoms with van der Waals surface area (Å²) < 4.78 is 9.88. The van der Waals surface area contributed by atoms with E-state index >= 15 is 0 Å². The van der Waals surface area contributed by atoms with Crippen LogP contribution in [0.15, 0.2) is 12.1 Å². The second-order valence-electron chi connectivity index (χ2n) is 3.98. The zero-order valence-corrected chi connectivity index (χ0v) is 12.4. The van der Waals surface area contributed by atoms with E-state index in [9.17, 15) is 9.59 Å². The lowest BCUT2D eigenvalue weighted by atomic mass is 10.1. The highest BCUT2D eigenvalue weighted by Crippen LogP contribution is 2.21. The molecule has 0 saturated carbocycles. The van der Waals surface area contributed by atoms with Crippen molar-refractivity contribution in [3.63, 3.8) is 0 Å². The molecule has 4 nitrogen and oxygen atoms in total. The Morgan fingerprint density at radius 1 is 1.05 bits per heavy atom. The quantitative estimate of drug-likeness (QED) is 0.570. The van der Waals surface area contributed by atoms with Gasteiger partial charge in [0.25, 0.3) is 0 Å². The maximum absolute atomic E-state index is 11.8. The van der Waals surface area contributed by atoms with Crippen LogP contribution in [-0.2, 0) is 31.9 Å². The predicted octanol–water partition coefficient (Wildman–Crippen LogP) is 2.60. The Balaban J connectivity index is 2.78. The molecule has 0 atom stereocenters. The van der Waals surface area contributed by atoms with Gasteiger partial charge < -0.3 is 9.47 Å². The highest BCUT2D eigenvalue weighted by molar-refractivity contribution is 7.12. The van der Waals surface area contributed by atoms with Crippen molar-refractivity contribution in [3.8, 4) is 0 Å². The monoisotopic (exact) mass is 284 g/mol. The molecule has 1 rings (SSSR count). The Morgan fingerprint density at radius 2 is 1.58 bits per heavy atom. The number of aryl methyl sites for hydroxylation is 1. The fourth-order valence-corrected chi connectivity index (χ4v) is 2.68. The third kappa shape index (κ3) is 4.67. The summed E-state index contributed by atoms with van der Waals surface area (Å²) in [6, 6.07) is 3.97. The zero-order chi connectivity index (χ0) is 14.3. The molecule has 0 aliphatic carbocycles. The average molecular weight is 284 g/mol. The first kappa shape index (κ1) is 15.7. The van der Waals surface area contributed by atoms with E-state index in [-0.39, 0.29) is 13.2 Å². The van der Waals surface area contributed by atoms with E-state index in [2.05, 4.69) is 6.92 Å². The number of hydrogen-bond acceptors (Lipinski definition) is 5. The molecule has 0 aromatic carbocycles. The second kappa shape index (κ2) is 7.94. The molecule has 1 heterocycles. The molecular weight excluding hydrogens is 264 g/mol. The van der Waals surface area contributed by atoms with E-state index in [1.165, 1.54) is 4.88 Å². The first-order valence-electron chi connectivity index (χ1n) is 6.53. The fourth-order valence-electron chi connectivity index (χ4n) is 1.67. The summed E-state index contributed by atoms with van der Waals surface area (Å²) in [4.78, 5) is 25.9. The lowest BCUT2D eigenvalue weighted by Crippen LogP contribution is -2.29. The van der Waals surface area contributed by atoms with E-state index in [1.54, 1.807) is 25.2 Å². The summed E-state index contributed by atoms with van der Waals surface area (Å²) >= 11 is 1.62. The molecule has 1 aromatic heterocycles. The van der Waals surface area contributed by atoms with Crippen LogP contribution in [0.4, 0.5) is 0 Å². The van der Waals surface area contributed by atoms with Crippen molar-refractivity contribution >= 4 is 23.3 Å². The lowest BCUT2D eigenvalue weighted by Gasteiger charge is -2.13. The molecule has 0 spiro atoms. The van der Waals surface area contributed by atoms with Gasteiger partial charge in [0.05, 0.1) is 13.2 Å². The van der Waals surface area contributed by atoms with Crippen LogP contribution in [0.3, 0.4) is 0 Å². The Kier molecular flexibility index (Phi) is 6.56. The summed E-state index contributed by atoms with van der Waals surface area (Å²) in [6.45, 7) is 6.05. The minimum atomic E-state index is -0.858. The maximum Gasteiger partial charge on any atom is 0.320 e. The average Bonchev–Trinajstić information content (AvgIpc) is 2.84. The first-order valence-corrected chi connectivity index (χ1v) is 7.34. The number of thiophene rings is 1. The summed E-state index contributed by atoms with van der Waals surface area (Å²) in [6.07, 6.45) is 1.30. The first-order chi connectivity index (χ1) is 9.12. The van der Waals surface area contributed by atoms with Crippen LogP contribution in [0.25, 0.3) is 0 Å². The minimum absolute atomic E-state index is 0.263. The van der Waals surface area contributed by atoms with Crippen molar-refractivity contribution in [2.24, 2.45) is 5.92 Å². The minimum Gasteiger partial charge on any atom is -0.465 e. The van der Waals surface area contributed by atoms with Crippen molar-refractivity contribution in [1.29, 1.82) is 0 Å². The van der Waals surface area contributed by atoms with Crippen LogP contribution in [0, 0.1) is 5.92 Å². The van der Waals surface area contributed by atoms with E-state index in [0.717, 1.165) is 11.3 Å². The Bertz CT molecular complexity index is 407. The number of ether oxygens (including phenoxy) is 2. The summed E-state index contributed by atoms with van der Waals surface area (Å²) in [5.74, 6) is -1.87. The number of carbonyl (C=O) groups is 2. The van der Waals surface area contributed by atoms with Crippen LogP contribution in [0.1, 0.15) is 30.5 Å². The predicted molar refractivity (Wildman–Crippen MR) is 74.2 cm³/mol. The van der Waals surface area contributed by atoms with Gasteiger partial charge in [-0.2, -0.15) is 0 Å². The highest BCUT2D eigenvalue weighted by Gasteiger charge is 2.30. The normalized spacial score (nSPS) is 10.5. The number of rotatable bonds is 7. The van der Waals surface area contributed by atoms with Crippen molar-refractivity contribution in [2.45, 2.75) is 33.6 Å². The third-order valence-corrected chi connectivity index (χ3v) is 3.87. The highest BCUT2D eigenvalue weighted by atomic mass is 32.1. The van der Waals surface area contributed by atoms with Crippen LogP contribution >= 0.6 is 11.3 Å². The van der Waals surface area contributed by atoms with Crippen LogP contribution in [0.5, 0.6) is 0 Å². The Hall–Kier alpha value is -1.36. The van der Waals surface area contributed by atoms with E-state index < -0.39 is 17.9 Å². The van der Waals surface area contributed by atoms with Gasteiger partial charge in [0.15, 0.2) is 5.92 Å². The fraction of sp³-hybridized carbons (Fsp3) is 0.571. The molecule has 106 valence electrons. The summed E-state index contributed by atoms with van der Waals surface area (Å²) in [5.41, 5.74) is 0. The lowest BCUT2D eigenvalue weighted by molar-refractivity contribution is -0.161. The molecular formula is C14H20O4S. The molecule has 5 heteroatoms. The zero-order valence-electron chi connectivity index (χ0n) is 11.6. The smallest absolute Gasteiger partial charge is 0.320 e. The van der Waals surface area contributed by atoms with Crippen LogP contribution in [0.2, 0.25) is 0 Å². The van der Waals surface area contributed by atoms with Gasteiger partial charge in [-0.15, -0.1) is 11.3 Å². The molecule has 0 amide bonds. The van der Waals surface area contributed by atoms with Gasteiger partial charge in [0.2, 0.25) is 0 Å². The van der Waals surface area contributed by atoms with Gasteiger partial charge >= 0.3 is 11.9 Å². The SMILES string of the molecule is CCOC(=O)C(Cc1ccc(CC)s1)C(=O)OCC. The van der Waals surface area contributed by atoms with Gasteiger partial charge in [0.1, 0.15) is 0 Å². The molecule has 0 aliphatic heterocycles. The number of carbonyl (C=O) groups excluding carboxylic acids is 2. The standard InChI is InChI=1S/C14H20O4S/c1-4-10-7-8-11(19-10)9-12(13(15)17-5-2)14(16)18-6-3/h7-8,12H,4-6,9H2,1-3H3. The Labute approximate surface area is 117 Å². The molecule has 19 heavy (non-hydrogen) atoms. The van der Waals surface area contributed by atoms with Gasteiger partial charge in [0, 0.05) is 16.2 Å². The van der Waals surface area contributed by atoms with Gasteiger partial charge in [-0.05, 0) is 32.4 Å². The number of esters is 2. The largest absolute Gasteiger partial charge is 0.465 e. The summed E-state index contributed by atoms with van der Waals surface area (Å²) in [5, 5.41) is 0. The molecule has 0 radical (unpaired) electrons.